The van der Waals surface area contributed by atoms with E-state index in [1.807, 2.05) is 4.90 Å². The van der Waals surface area contributed by atoms with Crippen molar-refractivity contribution in [2.45, 2.75) is 19.8 Å². The lowest BCUT2D eigenvalue weighted by Gasteiger charge is -2.23. The first kappa shape index (κ1) is 12.4. The van der Waals surface area contributed by atoms with Crippen molar-refractivity contribution in [2.75, 3.05) is 18.0 Å². The molecule has 2 N–H and O–H groups in total. The van der Waals surface area contributed by atoms with Crippen molar-refractivity contribution in [1.82, 2.24) is 0 Å². The number of carboxylic acids is 2. The topological polar surface area (TPSA) is 77.8 Å². The highest BCUT2D eigenvalue weighted by molar-refractivity contribution is 6.04. The zero-order valence-corrected chi connectivity index (χ0v) is 10.1. The Labute approximate surface area is 105 Å². The Morgan fingerprint density at radius 3 is 2.22 bits per heavy atom. The van der Waals surface area contributed by atoms with Gasteiger partial charge < -0.3 is 15.1 Å². The van der Waals surface area contributed by atoms with E-state index >= 15 is 0 Å². The van der Waals surface area contributed by atoms with E-state index in [1.165, 1.54) is 6.07 Å². The van der Waals surface area contributed by atoms with E-state index in [2.05, 4.69) is 0 Å². The minimum atomic E-state index is -1.08. The quantitative estimate of drug-likeness (QED) is 0.856. The first-order chi connectivity index (χ1) is 8.52. The van der Waals surface area contributed by atoms with Crippen molar-refractivity contribution in [3.8, 4) is 0 Å². The van der Waals surface area contributed by atoms with Crippen LogP contribution in [0.4, 0.5) is 5.69 Å². The molecule has 0 atom stereocenters. The number of hydrogen-bond acceptors (Lipinski definition) is 3. The smallest absolute Gasteiger partial charge is 0.338 e. The molecule has 0 radical (unpaired) electrons. The van der Waals surface area contributed by atoms with Crippen molar-refractivity contribution in [3.63, 3.8) is 0 Å². The lowest BCUT2D eigenvalue weighted by molar-refractivity contribution is 0.0695. The lowest BCUT2D eigenvalue weighted by atomic mass is 10.0. The number of hydrogen-bond donors (Lipinski definition) is 2. The van der Waals surface area contributed by atoms with Crippen LogP contribution in [0.15, 0.2) is 12.1 Å². The molecule has 1 fully saturated rings. The SMILES string of the molecule is Cc1ccc(C(=O)O)c(N2CCCC2)c1C(=O)O. The van der Waals surface area contributed by atoms with Crippen molar-refractivity contribution >= 4 is 17.6 Å². The highest BCUT2D eigenvalue weighted by Gasteiger charge is 2.26. The number of aryl methyl sites for hydroxylation is 1. The third-order valence-corrected chi connectivity index (χ3v) is 3.25. The van der Waals surface area contributed by atoms with Gasteiger partial charge in [0, 0.05) is 13.1 Å². The summed E-state index contributed by atoms with van der Waals surface area (Å²) < 4.78 is 0. The summed E-state index contributed by atoms with van der Waals surface area (Å²) in [4.78, 5) is 24.5. The third kappa shape index (κ3) is 2.03. The summed E-state index contributed by atoms with van der Waals surface area (Å²) in [6.45, 7) is 3.11. The summed E-state index contributed by atoms with van der Waals surface area (Å²) >= 11 is 0. The predicted molar refractivity (Wildman–Crippen MR) is 66.5 cm³/mol. The van der Waals surface area contributed by atoms with E-state index in [0.29, 0.717) is 24.3 Å². The number of aromatic carboxylic acids is 2. The van der Waals surface area contributed by atoms with E-state index in [1.54, 1.807) is 13.0 Å². The lowest BCUT2D eigenvalue weighted by Crippen LogP contribution is -2.24. The Morgan fingerprint density at radius 1 is 1.11 bits per heavy atom. The molecule has 5 nitrogen and oxygen atoms in total. The van der Waals surface area contributed by atoms with Gasteiger partial charge in [-0.05, 0) is 31.4 Å². The van der Waals surface area contributed by atoms with Gasteiger partial charge in [-0.2, -0.15) is 0 Å². The van der Waals surface area contributed by atoms with Crippen molar-refractivity contribution in [2.24, 2.45) is 0 Å². The van der Waals surface area contributed by atoms with Gasteiger partial charge >= 0.3 is 11.9 Å². The van der Waals surface area contributed by atoms with Gasteiger partial charge in [0.05, 0.1) is 16.8 Å². The summed E-state index contributed by atoms with van der Waals surface area (Å²) in [5, 5.41) is 18.5. The first-order valence-electron chi connectivity index (χ1n) is 5.87. The Balaban J connectivity index is 2.66. The molecule has 0 saturated carbocycles. The van der Waals surface area contributed by atoms with Gasteiger partial charge in [-0.1, -0.05) is 6.07 Å². The summed E-state index contributed by atoms with van der Waals surface area (Å²) in [5.41, 5.74) is 1.12. The molecule has 1 saturated heterocycles. The second kappa shape index (κ2) is 4.68. The van der Waals surface area contributed by atoms with Crippen LogP contribution < -0.4 is 4.90 Å². The van der Waals surface area contributed by atoms with Crippen LogP contribution >= 0.6 is 0 Å². The molecule has 1 heterocycles. The maximum absolute atomic E-state index is 11.4. The Bertz CT molecular complexity index is 504. The van der Waals surface area contributed by atoms with Gasteiger partial charge in [0.2, 0.25) is 0 Å². The maximum Gasteiger partial charge on any atom is 0.338 e. The monoisotopic (exact) mass is 249 g/mol. The van der Waals surface area contributed by atoms with Gasteiger partial charge in [-0.25, -0.2) is 9.59 Å². The van der Waals surface area contributed by atoms with Crippen LogP contribution in [0.25, 0.3) is 0 Å². The Kier molecular flexibility index (Phi) is 3.23. The Morgan fingerprint density at radius 2 is 1.72 bits per heavy atom. The third-order valence-electron chi connectivity index (χ3n) is 3.25. The summed E-state index contributed by atoms with van der Waals surface area (Å²) in [6, 6.07) is 3.03. The van der Waals surface area contributed by atoms with E-state index in [0.717, 1.165) is 12.8 Å². The van der Waals surface area contributed by atoms with Gasteiger partial charge in [0.1, 0.15) is 0 Å². The average Bonchev–Trinajstić information content (AvgIpc) is 2.80. The van der Waals surface area contributed by atoms with E-state index < -0.39 is 11.9 Å². The first-order valence-corrected chi connectivity index (χ1v) is 5.87. The van der Waals surface area contributed by atoms with Gasteiger partial charge in [0.15, 0.2) is 0 Å². The number of carbonyl (C=O) groups is 2. The number of benzene rings is 1. The highest BCUT2D eigenvalue weighted by Crippen LogP contribution is 2.31. The zero-order valence-electron chi connectivity index (χ0n) is 10.1. The number of carboxylic acid groups (broad SMARTS) is 2. The van der Waals surface area contributed by atoms with Crippen LogP contribution in [0.2, 0.25) is 0 Å². The molecule has 2 rings (SSSR count). The van der Waals surface area contributed by atoms with Crippen LogP contribution in [0, 0.1) is 6.92 Å². The van der Waals surface area contributed by atoms with Crippen LogP contribution in [0.3, 0.4) is 0 Å². The molecular formula is C13H15NO4. The molecule has 1 aromatic carbocycles. The standard InChI is InChI=1S/C13H15NO4/c1-8-4-5-9(12(15)16)11(10(8)13(17)18)14-6-2-3-7-14/h4-5H,2-3,6-7H2,1H3,(H,15,16)(H,17,18). The molecule has 5 heteroatoms. The highest BCUT2D eigenvalue weighted by atomic mass is 16.4. The van der Waals surface area contributed by atoms with E-state index in [-0.39, 0.29) is 11.1 Å². The maximum atomic E-state index is 11.4. The van der Waals surface area contributed by atoms with Gasteiger partial charge in [0.25, 0.3) is 0 Å². The molecule has 18 heavy (non-hydrogen) atoms. The van der Waals surface area contributed by atoms with Crippen molar-refractivity contribution < 1.29 is 19.8 Å². The molecule has 0 bridgehead atoms. The molecule has 0 aliphatic carbocycles. The minimum absolute atomic E-state index is 0.0694. The molecule has 0 amide bonds. The van der Waals surface area contributed by atoms with Crippen LogP contribution in [0.1, 0.15) is 39.1 Å². The number of nitrogens with zero attached hydrogens (tertiary/aromatic N) is 1. The van der Waals surface area contributed by atoms with Crippen LogP contribution in [-0.4, -0.2) is 35.2 Å². The van der Waals surface area contributed by atoms with Crippen LogP contribution in [0.5, 0.6) is 0 Å². The second-order valence-corrected chi connectivity index (χ2v) is 4.46. The molecule has 0 spiro atoms. The fourth-order valence-corrected chi connectivity index (χ4v) is 2.40. The molecule has 1 aliphatic rings. The largest absolute Gasteiger partial charge is 0.478 e. The fourth-order valence-electron chi connectivity index (χ4n) is 2.40. The van der Waals surface area contributed by atoms with Gasteiger partial charge in [-0.15, -0.1) is 0 Å². The van der Waals surface area contributed by atoms with Crippen molar-refractivity contribution in [1.29, 1.82) is 0 Å². The molecule has 96 valence electrons. The average molecular weight is 249 g/mol. The predicted octanol–water partition coefficient (Wildman–Crippen LogP) is 1.99. The van der Waals surface area contributed by atoms with E-state index in [9.17, 15) is 19.8 Å². The van der Waals surface area contributed by atoms with Crippen LogP contribution in [-0.2, 0) is 0 Å². The number of anilines is 1. The fraction of sp³-hybridized carbons (Fsp3) is 0.385. The van der Waals surface area contributed by atoms with Crippen molar-refractivity contribution in [3.05, 3.63) is 28.8 Å². The molecular weight excluding hydrogens is 234 g/mol. The van der Waals surface area contributed by atoms with Gasteiger partial charge in [-0.3, -0.25) is 0 Å². The summed E-state index contributed by atoms with van der Waals surface area (Å²) in [6.07, 6.45) is 1.93. The molecule has 0 unspecified atom stereocenters. The molecule has 0 aromatic heterocycles. The normalized spacial score (nSPS) is 14.8. The Hall–Kier alpha value is -2.04. The van der Waals surface area contributed by atoms with E-state index in [4.69, 9.17) is 0 Å². The number of rotatable bonds is 3. The summed E-state index contributed by atoms with van der Waals surface area (Å²) in [5.74, 6) is -2.16. The summed E-state index contributed by atoms with van der Waals surface area (Å²) in [7, 11) is 0. The minimum Gasteiger partial charge on any atom is -0.478 e. The second-order valence-electron chi connectivity index (χ2n) is 4.46. The molecule has 1 aliphatic heterocycles. The molecule has 1 aromatic rings. The zero-order chi connectivity index (χ0) is 13.3.